The quantitative estimate of drug-likeness (QED) is 0.273. The molecule has 35 heavy (non-hydrogen) atoms. The van der Waals surface area contributed by atoms with Gasteiger partial charge in [-0.1, -0.05) is 26.0 Å². The molecule has 0 saturated heterocycles. The fraction of sp³-hybridized carbons (Fsp3) is 0.320. The number of esters is 2. The van der Waals surface area contributed by atoms with Crippen molar-refractivity contribution in [3.8, 4) is 11.4 Å². The number of nitrogens with two attached hydrogens (primary N) is 1. The van der Waals surface area contributed by atoms with Crippen LogP contribution >= 0.6 is 0 Å². The molecule has 3 aromatic rings. The molecule has 10 heteroatoms. The van der Waals surface area contributed by atoms with Crippen LogP contribution in [0.15, 0.2) is 47.3 Å². The third-order valence-corrected chi connectivity index (χ3v) is 5.27. The number of carbonyl (C=O) groups excluding carboxylic acids is 2. The van der Waals surface area contributed by atoms with Crippen LogP contribution in [0, 0.1) is 18.3 Å². The van der Waals surface area contributed by atoms with Gasteiger partial charge in [-0.3, -0.25) is 10.2 Å². The van der Waals surface area contributed by atoms with Crippen molar-refractivity contribution in [1.82, 2.24) is 14.3 Å². The third kappa shape index (κ3) is 5.84. The van der Waals surface area contributed by atoms with Crippen LogP contribution in [0.4, 0.5) is 0 Å². The van der Waals surface area contributed by atoms with E-state index in [4.69, 9.17) is 20.6 Å². The highest BCUT2D eigenvalue weighted by Gasteiger charge is 2.19. The van der Waals surface area contributed by atoms with Gasteiger partial charge in [0, 0.05) is 12.0 Å². The average molecular weight is 480 g/mol. The Morgan fingerprint density at radius 2 is 1.83 bits per heavy atom. The average Bonchev–Trinajstić information content (AvgIpc) is 3.14. The number of methoxy groups -OCH3 is 1. The maximum absolute atomic E-state index is 13.3. The molecule has 0 saturated carbocycles. The Labute approximate surface area is 202 Å². The van der Waals surface area contributed by atoms with Crippen molar-refractivity contribution < 1.29 is 19.1 Å². The summed E-state index contributed by atoms with van der Waals surface area (Å²) in [5.74, 6) is -0.428. The summed E-state index contributed by atoms with van der Waals surface area (Å²) in [5, 5.41) is 12.2. The second-order valence-corrected chi connectivity index (χ2v) is 8.46. The monoisotopic (exact) mass is 479 g/mol. The van der Waals surface area contributed by atoms with Gasteiger partial charge >= 0.3 is 17.6 Å². The molecule has 0 atom stereocenters. The van der Waals surface area contributed by atoms with Crippen LogP contribution in [0.5, 0.6) is 0 Å². The highest BCUT2D eigenvalue weighted by molar-refractivity contribution is 6.01. The Hall–Kier alpha value is -4.21. The first-order valence-corrected chi connectivity index (χ1v) is 11.1. The number of aromatic nitrogens is 3. The zero-order chi connectivity index (χ0) is 25.7. The summed E-state index contributed by atoms with van der Waals surface area (Å²) in [5.41, 5.74) is 7.45. The Balaban J connectivity index is 1.87. The second kappa shape index (κ2) is 10.8. The number of carbonyl (C=O) groups is 2. The molecule has 0 unspecified atom stereocenters. The SMILES string of the molecule is COC(=O)c1ccc(-n2nc(C)n(-c3ccc(CCC(=O)OCC(C)C)cc3)c2=O)c(C(=N)N)c1. The number of hydrogen-bond donors (Lipinski definition) is 2. The summed E-state index contributed by atoms with van der Waals surface area (Å²) in [7, 11) is 1.25. The molecule has 0 aliphatic heterocycles. The number of amidine groups is 1. The molecule has 0 spiro atoms. The first-order valence-electron chi connectivity index (χ1n) is 11.1. The molecule has 0 aliphatic rings. The topological polar surface area (TPSA) is 142 Å². The van der Waals surface area contributed by atoms with Gasteiger partial charge in [0.2, 0.25) is 0 Å². The van der Waals surface area contributed by atoms with E-state index >= 15 is 0 Å². The fourth-order valence-electron chi connectivity index (χ4n) is 3.49. The van der Waals surface area contributed by atoms with E-state index in [0.717, 1.165) is 10.2 Å². The van der Waals surface area contributed by atoms with Gasteiger partial charge in [-0.2, -0.15) is 4.68 Å². The van der Waals surface area contributed by atoms with Crippen LogP contribution < -0.4 is 11.4 Å². The molecular weight excluding hydrogens is 450 g/mol. The first kappa shape index (κ1) is 25.4. The number of benzene rings is 2. The van der Waals surface area contributed by atoms with Crippen molar-refractivity contribution in [2.45, 2.75) is 33.6 Å². The van der Waals surface area contributed by atoms with Crippen molar-refractivity contribution in [2.75, 3.05) is 13.7 Å². The maximum Gasteiger partial charge on any atom is 0.355 e. The van der Waals surface area contributed by atoms with Gasteiger partial charge in [0.05, 0.1) is 30.7 Å². The predicted octanol–water partition coefficient (Wildman–Crippen LogP) is 2.53. The molecule has 10 nitrogen and oxygen atoms in total. The highest BCUT2D eigenvalue weighted by Crippen LogP contribution is 2.17. The molecule has 0 bridgehead atoms. The van der Waals surface area contributed by atoms with Gasteiger partial charge < -0.3 is 15.2 Å². The molecule has 0 radical (unpaired) electrons. The van der Waals surface area contributed by atoms with Gasteiger partial charge in [-0.25, -0.2) is 14.2 Å². The van der Waals surface area contributed by atoms with Gasteiger partial charge in [0.1, 0.15) is 11.7 Å². The second-order valence-electron chi connectivity index (χ2n) is 8.46. The van der Waals surface area contributed by atoms with E-state index in [1.165, 1.54) is 29.9 Å². The Morgan fingerprint density at radius 1 is 1.14 bits per heavy atom. The Kier molecular flexibility index (Phi) is 7.85. The standard InChI is InChI=1S/C25H29N5O5/c1-15(2)14-35-22(31)12-7-17-5-9-19(10-6-17)29-16(3)28-30(25(29)33)21-11-8-18(24(32)34-4)13-20(21)23(26)27/h5-6,8-11,13,15H,7,12,14H2,1-4H3,(H3,26,27). The third-order valence-electron chi connectivity index (χ3n) is 5.27. The van der Waals surface area contributed by atoms with Crippen LogP contribution in [-0.2, 0) is 20.7 Å². The molecule has 3 rings (SSSR count). The molecule has 1 aromatic heterocycles. The lowest BCUT2D eigenvalue weighted by Gasteiger charge is -2.09. The largest absolute Gasteiger partial charge is 0.465 e. The van der Waals surface area contributed by atoms with Gasteiger partial charge in [-0.05, 0) is 55.2 Å². The molecule has 2 aromatic carbocycles. The number of rotatable bonds is 9. The van der Waals surface area contributed by atoms with E-state index in [1.54, 1.807) is 19.1 Å². The summed E-state index contributed by atoms with van der Waals surface area (Å²) in [4.78, 5) is 37.0. The zero-order valence-electron chi connectivity index (χ0n) is 20.2. The van der Waals surface area contributed by atoms with E-state index < -0.39 is 11.7 Å². The normalized spacial score (nSPS) is 10.9. The molecule has 1 heterocycles. The van der Waals surface area contributed by atoms with Crippen molar-refractivity contribution in [1.29, 1.82) is 5.41 Å². The van der Waals surface area contributed by atoms with Crippen LogP contribution in [-0.4, -0.2) is 45.8 Å². The van der Waals surface area contributed by atoms with Crippen molar-refractivity contribution in [2.24, 2.45) is 11.7 Å². The van der Waals surface area contributed by atoms with Crippen LogP contribution in [0.1, 0.15) is 47.6 Å². The Bertz CT molecular complexity index is 1300. The molecule has 0 amide bonds. The summed E-state index contributed by atoms with van der Waals surface area (Å²) >= 11 is 0. The molecular formula is C25H29N5O5. The Morgan fingerprint density at radius 3 is 2.43 bits per heavy atom. The van der Waals surface area contributed by atoms with E-state index in [9.17, 15) is 14.4 Å². The van der Waals surface area contributed by atoms with Gasteiger partial charge in [0.15, 0.2) is 0 Å². The lowest BCUT2D eigenvalue weighted by molar-refractivity contribution is -0.144. The van der Waals surface area contributed by atoms with E-state index in [0.29, 0.717) is 24.5 Å². The number of hydrogen-bond acceptors (Lipinski definition) is 7. The number of nitrogen functional groups attached to an aromatic ring is 1. The van der Waals surface area contributed by atoms with Crippen molar-refractivity contribution in [3.05, 3.63) is 75.5 Å². The number of nitrogens with one attached hydrogen (secondary N) is 1. The summed E-state index contributed by atoms with van der Waals surface area (Å²) in [6.45, 7) is 6.06. The van der Waals surface area contributed by atoms with E-state index in [2.05, 4.69) is 5.10 Å². The smallest absolute Gasteiger partial charge is 0.355 e. The number of nitrogens with zero attached hydrogens (tertiary/aromatic N) is 3. The molecule has 0 fully saturated rings. The molecule has 0 aliphatic carbocycles. The lowest BCUT2D eigenvalue weighted by atomic mass is 10.1. The van der Waals surface area contributed by atoms with Gasteiger partial charge in [-0.15, -0.1) is 5.10 Å². The van der Waals surface area contributed by atoms with Crippen molar-refractivity contribution in [3.63, 3.8) is 0 Å². The van der Waals surface area contributed by atoms with Crippen LogP contribution in [0.25, 0.3) is 11.4 Å². The van der Waals surface area contributed by atoms with Crippen LogP contribution in [0.3, 0.4) is 0 Å². The van der Waals surface area contributed by atoms with Crippen LogP contribution in [0.2, 0.25) is 0 Å². The number of ether oxygens (including phenoxy) is 2. The summed E-state index contributed by atoms with van der Waals surface area (Å²) < 4.78 is 12.5. The first-order chi connectivity index (χ1) is 16.6. The molecule has 184 valence electrons. The minimum Gasteiger partial charge on any atom is -0.465 e. The summed E-state index contributed by atoms with van der Waals surface area (Å²) in [6.07, 6.45) is 0.803. The van der Waals surface area contributed by atoms with E-state index in [-0.39, 0.29) is 41.0 Å². The number of aryl methyl sites for hydroxylation is 2. The minimum absolute atomic E-state index is 0.180. The summed E-state index contributed by atoms with van der Waals surface area (Å²) in [6, 6.07) is 11.6. The fourth-order valence-corrected chi connectivity index (χ4v) is 3.49. The maximum atomic E-state index is 13.3. The lowest BCUT2D eigenvalue weighted by Crippen LogP contribution is -2.26. The molecule has 3 N–H and O–H groups in total. The highest BCUT2D eigenvalue weighted by atomic mass is 16.5. The minimum atomic E-state index is -0.582. The zero-order valence-corrected chi connectivity index (χ0v) is 20.2. The van der Waals surface area contributed by atoms with Crippen molar-refractivity contribution >= 4 is 17.8 Å². The van der Waals surface area contributed by atoms with E-state index in [1.807, 2.05) is 26.0 Å². The predicted molar refractivity (Wildman–Crippen MR) is 130 cm³/mol. The van der Waals surface area contributed by atoms with Gasteiger partial charge in [0.25, 0.3) is 0 Å².